The van der Waals surface area contributed by atoms with E-state index in [0.717, 1.165) is 34.1 Å². The maximum absolute atomic E-state index is 6.67. The zero-order valence-electron chi connectivity index (χ0n) is 17.1. The monoisotopic (exact) mass is 444 g/mol. The van der Waals surface area contributed by atoms with E-state index in [1.165, 1.54) is 15.3 Å². The van der Waals surface area contributed by atoms with E-state index in [1.807, 2.05) is 4.68 Å². The second-order valence-corrected chi connectivity index (χ2v) is 9.53. The van der Waals surface area contributed by atoms with E-state index in [9.17, 15) is 0 Å². The Morgan fingerprint density at radius 3 is 2.77 bits per heavy atom. The molecule has 0 radical (unpaired) electrons. The molecule has 0 saturated carbocycles. The highest BCUT2D eigenvalue weighted by molar-refractivity contribution is 7.98. The molecule has 2 aliphatic rings. The number of nitrogens with zero attached hydrogens (tertiary/aromatic N) is 3. The number of rotatable bonds is 3. The molecule has 0 spiro atoms. The van der Waals surface area contributed by atoms with E-state index in [1.54, 1.807) is 29.4 Å². The van der Waals surface area contributed by atoms with Gasteiger partial charge in [0.2, 0.25) is 5.95 Å². The third-order valence-corrected chi connectivity index (χ3v) is 7.47. The number of thioether (sulfide) groups is 1. The first kappa shape index (κ1) is 18.7. The predicted molar refractivity (Wildman–Crippen MR) is 126 cm³/mol. The first-order valence-corrected chi connectivity index (χ1v) is 12.2. The van der Waals surface area contributed by atoms with Crippen molar-refractivity contribution in [3.05, 3.63) is 93.4 Å². The van der Waals surface area contributed by atoms with E-state index >= 15 is 0 Å². The van der Waals surface area contributed by atoms with Crippen molar-refractivity contribution < 1.29 is 4.74 Å². The second kappa shape index (κ2) is 7.28. The minimum Gasteiger partial charge on any atom is -0.480 e. The molecule has 1 N–H and O–H groups in total. The summed E-state index contributed by atoms with van der Waals surface area (Å²) in [5, 5.41) is 10.2. The van der Waals surface area contributed by atoms with Crippen molar-refractivity contribution in [2.75, 3.05) is 11.6 Å². The molecule has 4 heterocycles. The molecule has 0 unspecified atom stereocenters. The second-order valence-electron chi connectivity index (χ2n) is 7.67. The Morgan fingerprint density at radius 1 is 1.13 bits per heavy atom. The van der Waals surface area contributed by atoms with Crippen LogP contribution in [0.15, 0.2) is 76.8 Å². The van der Waals surface area contributed by atoms with Gasteiger partial charge in [0.05, 0.1) is 5.70 Å². The summed E-state index contributed by atoms with van der Waals surface area (Å²) in [7, 11) is 0. The Hall–Kier alpha value is -3.03. The Balaban J connectivity index is 1.61. The van der Waals surface area contributed by atoms with Crippen LogP contribution in [0.2, 0.25) is 0 Å². The van der Waals surface area contributed by atoms with E-state index in [-0.39, 0.29) is 12.1 Å². The van der Waals surface area contributed by atoms with E-state index in [4.69, 9.17) is 4.74 Å². The fourth-order valence-electron chi connectivity index (χ4n) is 4.36. The number of nitrogens with one attached hydrogen (secondary N) is 1. The first-order valence-electron chi connectivity index (χ1n) is 10.1. The van der Waals surface area contributed by atoms with Gasteiger partial charge in [0.25, 0.3) is 0 Å². The smallest absolute Gasteiger partial charge is 0.226 e. The lowest BCUT2D eigenvalue weighted by atomic mass is 9.86. The maximum atomic E-state index is 6.67. The Kier molecular flexibility index (Phi) is 4.40. The molecule has 0 aliphatic carbocycles. The average molecular weight is 445 g/mol. The topological polar surface area (TPSA) is 52.0 Å². The molecule has 7 heteroatoms. The van der Waals surface area contributed by atoms with Crippen LogP contribution in [-0.2, 0) is 0 Å². The highest BCUT2D eigenvalue weighted by atomic mass is 32.2. The van der Waals surface area contributed by atoms with Crippen molar-refractivity contribution in [2.24, 2.45) is 0 Å². The number of hydrogen-bond acceptors (Lipinski definition) is 6. The van der Waals surface area contributed by atoms with Gasteiger partial charge in [-0.15, -0.1) is 23.1 Å². The Morgan fingerprint density at radius 2 is 2.00 bits per heavy atom. The molecule has 154 valence electrons. The predicted octanol–water partition coefficient (Wildman–Crippen LogP) is 5.93. The molecule has 2 aromatic carbocycles. The summed E-state index contributed by atoms with van der Waals surface area (Å²) in [4.78, 5) is 6.94. The normalized spacial score (nSPS) is 19.2. The van der Waals surface area contributed by atoms with Crippen LogP contribution in [0, 0.1) is 6.92 Å². The van der Waals surface area contributed by atoms with E-state index < -0.39 is 0 Å². The van der Waals surface area contributed by atoms with Crippen molar-refractivity contribution in [1.82, 2.24) is 14.8 Å². The SMILES string of the molecule is CSc1ccc([C@@H]2Oc3ccc(C)cc3C3=C2[C@H](c2cccs2)n2ncnc2N3)cc1. The molecule has 2 aromatic heterocycles. The van der Waals surface area contributed by atoms with Crippen molar-refractivity contribution in [3.63, 3.8) is 0 Å². The number of benzene rings is 2. The van der Waals surface area contributed by atoms with Gasteiger partial charge in [0.1, 0.15) is 24.2 Å². The van der Waals surface area contributed by atoms with Gasteiger partial charge in [0.15, 0.2) is 0 Å². The minimum absolute atomic E-state index is 0.0763. The number of aryl methyl sites for hydroxylation is 1. The molecule has 0 bridgehead atoms. The summed E-state index contributed by atoms with van der Waals surface area (Å²) in [5.74, 6) is 1.64. The highest BCUT2D eigenvalue weighted by Gasteiger charge is 2.41. The Labute approximate surface area is 188 Å². The molecule has 31 heavy (non-hydrogen) atoms. The summed E-state index contributed by atoms with van der Waals surface area (Å²) in [5.41, 5.74) is 5.63. The molecule has 0 saturated heterocycles. The molecule has 4 aromatic rings. The third-order valence-electron chi connectivity index (χ3n) is 5.80. The van der Waals surface area contributed by atoms with Gasteiger partial charge in [-0.1, -0.05) is 29.8 Å². The van der Waals surface area contributed by atoms with Crippen LogP contribution < -0.4 is 10.1 Å². The van der Waals surface area contributed by atoms with Gasteiger partial charge in [-0.3, -0.25) is 0 Å². The summed E-state index contributed by atoms with van der Waals surface area (Å²) in [6, 6.07) is 19.2. The average Bonchev–Trinajstić information content (AvgIpc) is 3.49. The summed E-state index contributed by atoms with van der Waals surface area (Å²) in [6.45, 7) is 2.11. The fourth-order valence-corrected chi connectivity index (χ4v) is 5.59. The number of aromatic nitrogens is 3. The number of thiophene rings is 1. The van der Waals surface area contributed by atoms with Crippen LogP contribution in [0.25, 0.3) is 5.70 Å². The summed E-state index contributed by atoms with van der Waals surface area (Å²) >= 11 is 3.47. The lowest BCUT2D eigenvalue weighted by Crippen LogP contribution is -2.32. The molecule has 5 nitrogen and oxygen atoms in total. The summed E-state index contributed by atoms with van der Waals surface area (Å²) < 4.78 is 8.64. The maximum Gasteiger partial charge on any atom is 0.226 e. The minimum atomic E-state index is -0.224. The molecular weight excluding hydrogens is 424 g/mol. The largest absolute Gasteiger partial charge is 0.480 e. The van der Waals surface area contributed by atoms with E-state index in [2.05, 4.69) is 88.6 Å². The van der Waals surface area contributed by atoms with Gasteiger partial charge in [-0.25, -0.2) is 4.68 Å². The van der Waals surface area contributed by atoms with Gasteiger partial charge >= 0.3 is 0 Å². The van der Waals surface area contributed by atoms with Crippen molar-refractivity contribution in [2.45, 2.75) is 24.0 Å². The summed E-state index contributed by atoms with van der Waals surface area (Å²) in [6.07, 6.45) is 3.48. The zero-order valence-corrected chi connectivity index (χ0v) is 18.7. The van der Waals surface area contributed by atoms with Gasteiger partial charge < -0.3 is 10.1 Å². The van der Waals surface area contributed by atoms with Crippen LogP contribution in [0.4, 0.5) is 5.95 Å². The zero-order chi connectivity index (χ0) is 20.9. The van der Waals surface area contributed by atoms with Crippen LogP contribution in [0.3, 0.4) is 0 Å². The fraction of sp³-hybridized carbons (Fsp3) is 0.167. The van der Waals surface area contributed by atoms with Crippen LogP contribution in [0.1, 0.15) is 33.7 Å². The van der Waals surface area contributed by atoms with Crippen molar-refractivity contribution >= 4 is 34.7 Å². The molecule has 2 atom stereocenters. The third kappa shape index (κ3) is 2.99. The molecule has 0 amide bonds. The highest BCUT2D eigenvalue weighted by Crippen LogP contribution is 2.51. The molecule has 2 aliphatic heterocycles. The van der Waals surface area contributed by atoms with Gasteiger partial charge in [-0.2, -0.15) is 10.1 Å². The first-order chi connectivity index (χ1) is 15.2. The molecule has 6 rings (SSSR count). The Bertz CT molecular complexity index is 1290. The number of anilines is 1. The lowest BCUT2D eigenvalue weighted by molar-refractivity contribution is 0.223. The number of hydrogen-bond donors (Lipinski definition) is 1. The molecular formula is C24H20N4OS2. The number of ether oxygens (including phenoxy) is 1. The van der Waals surface area contributed by atoms with Crippen molar-refractivity contribution in [1.29, 1.82) is 0 Å². The van der Waals surface area contributed by atoms with E-state index in [0.29, 0.717) is 0 Å². The van der Waals surface area contributed by atoms with Crippen LogP contribution in [-0.4, -0.2) is 21.0 Å². The van der Waals surface area contributed by atoms with Gasteiger partial charge in [0, 0.05) is 20.9 Å². The van der Waals surface area contributed by atoms with Gasteiger partial charge in [-0.05, 0) is 54.5 Å². The number of fused-ring (bicyclic) bond motifs is 3. The lowest BCUT2D eigenvalue weighted by Gasteiger charge is -2.38. The standard InChI is InChI=1S/C24H20N4OS2/c1-14-5-10-18-17(12-14)21-20(23(29-18)15-6-8-16(30-2)9-7-15)22(19-4-3-11-31-19)28-24(27-21)25-13-26-28/h3-13,22-23H,1-2H3,(H,25,26,27)/t22-,23-/m0/s1. The van der Waals surface area contributed by atoms with Crippen LogP contribution in [0.5, 0.6) is 5.75 Å². The quantitative estimate of drug-likeness (QED) is 0.397. The molecule has 0 fully saturated rings. The van der Waals surface area contributed by atoms with Crippen molar-refractivity contribution in [3.8, 4) is 5.75 Å². The van der Waals surface area contributed by atoms with Crippen LogP contribution >= 0.6 is 23.1 Å².